The number of hydrogen-bond donors (Lipinski definition) is 1. The van der Waals surface area contributed by atoms with Gasteiger partial charge in [-0.3, -0.25) is 0 Å². The fourth-order valence-electron chi connectivity index (χ4n) is 1.80. The van der Waals surface area contributed by atoms with E-state index in [1.165, 1.54) is 5.56 Å². The first kappa shape index (κ1) is 13.7. The van der Waals surface area contributed by atoms with Gasteiger partial charge in [0.25, 0.3) is 0 Å². The summed E-state index contributed by atoms with van der Waals surface area (Å²) in [4.78, 5) is 0. The van der Waals surface area contributed by atoms with E-state index in [1.54, 1.807) is 4.68 Å². The Morgan fingerprint density at radius 3 is 2.00 bits per heavy atom. The van der Waals surface area contributed by atoms with Gasteiger partial charge in [0.2, 0.25) is 0 Å². The zero-order valence-corrected chi connectivity index (χ0v) is 12.3. The largest absolute Gasteiger partial charge is 0.320 e. The van der Waals surface area contributed by atoms with Gasteiger partial charge in [0.05, 0.1) is 17.4 Å². The summed E-state index contributed by atoms with van der Waals surface area (Å²) >= 11 is 0. The van der Waals surface area contributed by atoms with Crippen molar-refractivity contribution in [2.75, 3.05) is 0 Å². The monoisotopic (exact) mass is 258 g/mol. The predicted octanol–water partition coefficient (Wildman–Crippen LogP) is 2.76. The second-order valence-electron chi connectivity index (χ2n) is 6.57. The molecule has 0 atom stereocenters. The molecule has 0 amide bonds. The van der Waals surface area contributed by atoms with Gasteiger partial charge in [-0.05, 0) is 37.0 Å². The van der Waals surface area contributed by atoms with Crippen molar-refractivity contribution in [3.63, 3.8) is 0 Å². The minimum absolute atomic E-state index is 0.158. The summed E-state index contributed by atoms with van der Waals surface area (Å²) in [6, 6.07) is 8.37. The van der Waals surface area contributed by atoms with Crippen LogP contribution in [0.4, 0.5) is 0 Å². The van der Waals surface area contributed by atoms with Crippen molar-refractivity contribution in [2.24, 2.45) is 5.73 Å². The first-order valence-corrected chi connectivity index (χ1v) is 6.50. The lowest BCUT2D eigenvalue weighted by Crippen LogP contribution is -2.29. The standard InChI is InChI=1S/C15H22N4/c1-14(2,3)11-6-8-12(9-7-11)19-10-13(17-18-19)15(4,5)16/h6-10H,16H2,1-5H3. The normalized spacial score (nSPS) is 12.7. The highest BCUT2D eigenvalue weighted by atomic mass is 15.4. The fourth-order valence-corrected chi connectivity index (χ4v) is 1.80. The first-order valence-electron chi connectivity index (χ1n) is 6.50. The quantitative estimate of drug-likeness (QED) is 0.901. The molecule has 0 radical (unpaired) electrons. The third-order valence-electron chi connectivity index (χ3n) is 3.15. The van der Waals surface area contributed by atoms with Gasteiger partial charge in [0.15, 0.2) is 0 Å². The van der Waals surface area contributed by atoms with Gasteiger partial charge in [-0.25, -0.2) is 4.68 Å². The molecular weight excluding hydrogens is 236 g/mol. The Kier molecular flexibility index (Phi) is 3.22. The number of nitrogens with zero attached hydrogens (tertiary/aromatic N) is 3. The van der Waals surface area contributed by atoms with Crippen molar-refractivity contribution in [3.8, 4) is 5.69 Å². The molecule has 2 aromatic rings. The molecule has 2 rings (SSSR count). The number of hydrogen-bond acceptors (Lipinski definition) is 3. The van der Waals surface area contributed by atoms with E-state index in [-0.39, 0.29) is 5.41 Å². The van der Waals surface area contributed by atoms with Crippen LogP contribution in [-0.2, 0) is 11.0 Å². The minimum atomic E-state index is -0.469. The molecule has 0 aliphatic heterocycles. The van der Waals surface area contributed by atoms with Crippen molar-refractivity contribution < 1.29 is 0 Å². The van der Waals surface area contributed by atoms with Gasteiger partial charge >= 0.3 is 0 Å². The highest BCUT2D eigenvalue weighted by molar-refractivity contribution is 5.36. The number of nitrogens with two attached hydrogens (primary N) is 1. The van der Waals surface area contributed by atoms with E-state index in [1.807, 2.05) is 20.0 Å². The molecule has 0 bridgehead atoms. The highest BCUT2D eigenvalue weighted by Gasteiger charge is 2.19. The molecule has 4 nitrogen and oxygen atoms in total. The van der Waals surface area contributed by atoms with Crippen molar-refractivity contribution in [2.45, 2.75) is 45.6 Å². The molecule has 2 N–H and O–H groups in total. The zero-order chi connectivity index (χ0) is 14.3. The van der Waals surface area contributed by atoms with Gasteiger partial charge in [-0.1, -0.05) is 38.1 Å². The van der Waals surface area contributed by atoms with Gasteiger partial charge in [0, 0.05) is 0 Å². The average molecular weight is 258 g/mol. The van der Waals surface area contributed by atoms with Crippen LogP contribution in [0.5, 0.6) is 0 Å². The summed E-state index contributed by atoms with van der Waals surface area (Å²) in [5.41, 5.74) is 8.79. The Labute approximate surface area is 114 Å². The van der Waals surface area contributed by atoms with Crippen LogP contribution >= 0.6 is 0 Å². The Bertz CT molecular complexity index is 553. The summed E-state index contributed by atoms with van der Waals surface area (Å²) in [6.45, 7) is 10.4. The van der Waals surface area contributed by atoms with Gasteiger partial charge < -0.3 is 5.73 Å². The smallest absolute Gasteiger partial charge is 0.102 e. The van der Waals surface area contributed by atoms with E-state index in [9.17, 15) is 0 Å². The van der Waals surface area contributed by atoms with Crippen LogP contribution in [0.3, 0.4) is 0 Å². The third-order valence-corrected chi connectivity index (χ3v) is 3.15. The fraction of sp³-hybridized carbons (Fsp3) is 0.467. The van der Waals surface area contributed by atoms with E-state index in [2.05, 4.69) is 55.3 Å². The van der Waals surface area contributed by atoms with E-state index < -0.39 is 5.54 Å². The van der Waals surface area contributed by atoms with Crippen LogP contribution in [0.2, 0.25) is 0 Å². The Hall–Kier alpha value is -1.68. The average Bonchev–Trinajstić information content (AvgIpc) is 2.77. The second kappa shape index (κ2) is 4.46. The molecule has 0 aliphatic rings. The van der Waals surface area contributed by atoms with Gasteiger partial charge in [-0.2, -0.15) is 0 Å². The van der Waals surface area contributed by atoms with Crippen molar-refractivity contribution in [3.05, 3.63) is 41.7 Å². The molecule has 0 unspecified atom stereocenters. The molecule has 0 fully saturated rings. The predicted molar refractivity (Wildman–Crippen MR) is 77.3 cm³/mol. The van der Waals surface area contributed by atoms with Crippen LogP contribution < -0.4 is 5.73 Å². The van der Waals surface area contributed by atoms with Gasteiger partial charge in [-0.15, -0.1) is 5.10 Å². The second-order valence-corrected chi connectivity index (χ2v) is 6.57. The van der Waals surface area contributed by atoms with Crippen LogP contribution in [0.1, 0.15) is 45.9 Å². The SMILES string of the molecule is CC(C)(C)c1ccc(-n2cc(C(C)(C)N)nn2)cc1. The Morgan fingerprint density at radius 2 is 1.58 bits per heavy atom. The maximum Gasteiger partial charge on any atom is 0.102 e. The summed E-state index contributed by atoms with van der Waals surface area (Å²) < 4.78 is 1.76. The van der Waals surface area contributed by atoms with Crippen molar-refractivity contribution in [1.29, 1.82) is 0 Å². The maximum atomic E-state index is 6.01. The van der Waals surface area contributed by atoms with E-state index >= 15 is 0 Å². The van der Waals surface area contributed by atoms with E-state index in [4.69, 9.17) is 5.73 Å². The summed E-state index contributed by atoms with van der Waals surface area (Å²) in [6.07, 6.45) is 1.88. The van der Waals surface area contributed by atoms with Crippen LogP contribution in [0.15, 0.2) is 30.5 Å². The summed E-state index contributed by atoms with van der Waals surface area (Å²) in [5.74, 6) is 0. The van der Waals surface area contributed by atoms with Crippen molar-refractivity contribution in [1.82, 2.24) is 15.0 Å². The molecule has 1 aromatic carbocycles. The van der Waals surface area contributed by atoms with E-state index in [0.717, 1.165) is 11.4 Å². The molecular formula is C15H22N4. The molecule has 4 heteroatoms. The van der Waals surface area contributed by atoms with E-state index in [0.29, 0.717) is 0 Å². The first-order chi connectivity index (χ1) is 8.68. The molecule has 0 saturated heterocycles. The zero-order valence-electron chi connectivity index (χ0n) is 12.3. The van der Waals surface area contributed by atoms with Crippen LogP contribution in [0.25, 0.3) is 5.69 Å². The third kappa shape index (κ3) is 3.01. The van der Waals surface area contributed by atoms with Crippen LogP contribution in [0, 0.1) is 0 Å². The highest BCUT2D eigenvalue weighted by Crippen LogP contribution is 2.23. The summed E-state index contributed by atoms with van der Waals surface area (Å²) in [7, 11) is 0. The molecule has 0 spiro atoms. The van der Waals surface area contributed by atoms with Crippen molar-refractivity contribution >= 4 is 0 Å². The molecule has 0 aliphatic carbocycles. The van der Waals surface area contributed by atoms with Crippen LogP contribution in [-0.4, -0.2) is 15.0 Å². The summed E-state index contributed by atoms with van der Waals surface area (Å²) in [5, 5.41) is 8.25. The lowest BCUT2D eigenvalue weighted by Gasteiger charge is -2.19. The Balaban J connectivity index is 2.31. The molecule has 19 heavy (non-hydrogen) atoms. The molecule has 1 heterocycles. The molecule has 1 aromatic heterocycles. The lowest BCUT2D eigenvalue weighted by molar-refractivity contribution is 0.533. The lowest BCUT2D eigenvalue weighted by atomic mass is 9.87. The number of aromatic nitrogens is 3. The maximum absolute atomic E-state index is 6.01. The molecule has 0 saturated carbocycles. The molecule has 102 valence electrons. The number of benzene rings is 1. The minimum Gasteiger partial charge on any atom is -0.320 e. The number of rotatable bonds is 2. The Morgan fingerprint density at radius 1 is 1.00 bits per heavy atom. The topological polar surface area (TPSA) is 56.7 Å². The van der Waals surface area contributed by atoms with Gasteiger partial charge in [0.1, 0.15) is 5.69 Å².